The third-order valence-electron chi connectivity index (χ3n) is 6.45. The van der Waals surface area contributed by atoms with E-state index in [9.17, 15) is 9.59 Å². The molecular formula is C29H29N5O4S. The first-order chi connectivity index (χ1) is 19.0. The number of amides is 2. The quantitative estimate of drug-likeness (QED) is 0.318. The van der Waals surface area contributed by atoms with Crippen LogP contribution in [0.5, 0.6) is 5.75 Å². The number of para-hydroxylation sites is 1. The SMILES string of the molecule is COc1ccccc1-c1nnc(SCC(=O)Nc2ccc(N3CCN(C(=O)c4ccc(C)cc4)CC3)cc2)o1. The number of nitrogens with one attached hydrogen (secondary N) is 1. The van der Waals surface area contributed by atoms with E-state index in [1.165, 1.54) is 11.8 Å². The summed E-state index contributed by atoms with van der Waals surface area (Å²) in [5.41, 5.74) is 4.32. The summed E-state index contributed by atoms with van der Waals surface area (Å²) in [7, 11) is 1.58. The number of thioether (sulfide) groups is 1. The molecule has 0 atom stereocenters. The van der Waals surface area contributed by atoms with E-state index in [1.807, 2.05) is 84.6 Å². The Labute approximate surface area is 231 Å². The molecule has 0 spiro atoms. The van der Waals surface area contributed by atoms with Crippen molar-refractivity contribution in [2.24, 2.45) is 0 Å². The molecular weight excluding hydrogens is 514 g/mol. The van der Waals surface area contributed by atoms with Crippen molar-refractivity contribution >= 4 is 35.0 Å². The molecule has 4 aromatic rings. The van der Waals surface area contributed by atoms with Gasteiger partial charge in [-0.1, -0.05) is 41.6 Å². The third-order valence-corrected chi connectivity index (χ3v) is 7.27. The standard InChI is InChI=1S/C29H29N5O4S/c1-20-7-9-21(10-8-20)28(36)34-17-15-33(16-18-34)23-13-11-22(12-14-23)30-26(35)19-39-29-32-31-27(38-29)24-5-3-4-6-25(24)37-2/h3-14H,15-19H2,1-2H3,(H,30,35). The number of hydrogen-bond donors (Lipinski definition) is 1. The van der Waals surface area contributed by atoms with Crippen molar-refractivity contribution < 1.29 is 18.7 Å². The monoisotopic (exact) mass is 543 g/mol. The van der Waals surface area contributed by atoms with E-state index in [0.29, 0.717) is 41.2 Å². The van der Waals surface area contributed by atoms with Gasteiger partial charge in [0.15, 0.2) is 0 Å². The Balaban J connectivity index is 1.09. The zero-order valence-electron chi connectivity index (χ0n) is 21.8. The van der Waals surface area contributed by atoms with Gasteiger partial charge in [0.25, 0.3) is 17.0 Å². The normalized spacial score (nSPS) is 13.3. The van der Waals surface area contributed by atoms with E-state index in [0.717, 1.165) is 29.9 Å². The van der Waals surface area contributed by atoms with Crippen LogP contribution in [0.25, 0.3) is 11.5 Å². The van der Waals surface area contributed by atoms with Gasteiger partial charge in [-0.2, -0.15) is 0 Å². The second-order valence-corrected chi connectivity index (χ2v) is 10.0. The summed E-state index contributed by atoms with van der Waals surface area (Å²) in [4.78, 5) is 29.4. The summed E-state index contributed by atoms with van der Waals surface area (Å²) in [5, 5.41) is 11.3. The summed E-state index contributed by atoms with van der Waals surface area (Å²) in [6.45, 7) is 4.84. The number of piperazine rings is 1. The van der Waals surface area contributed by atoms with Gasteiger partial charge in [-0.25, -0.2) is 0 Å². The van der Waals surface area contributed by atoms with Gasteiger partial charge in [-0.05, 0) is 55.5 Å². The van der Waals surface area contributed by atoms with Gasteiger partial charge >= 0.3 is 0 Å². The number of carbonyl (C=O) groups excluding carboxylic acids is 2. The van der Waals surface area contributed by atoms with E-state index >= 15 is 0 Å². The lowest BCUT2D eigenvalue weighted by molar-refractivity contribution is -0.113. The van der Waals surface area contributed by atoms with E-state index < -0.39 is 0 Å². The molecule has 9 nitrogen and oxygen atoms in total. The highest BCUT2D eigenvalue weighted by molar-refractivity contribution is 7.99. The Morgan fingerprint density at radius 1 is 0.949 bits per heavy atom. The second-order valence-electron chi connectivity index (χ2n) is 9.10. The zero-order valence-corrected chi connectivity index (χ0v) is 22.6. The summed E-state index contributed by atoms with van der Waals surface area (Å²) >= 11 is 1.17. The minimum atomic E-state index is -0.173. The summed E-state index contributed by atoms with van der Waals surface area (Å²) in [6.07, 6.45) is 0. The molecule has 1 fully saturated rings. The minimum Gasteiger partial charge on any atom is -0.496 e. The first-order valence-electron chi connectivity index (χ1n) is 12.6. The predicted molar refractivity (Wildman–Crippen MR) is 151 cm³/mol. The fraction of sp³-hybridized carbons (Fsp3) is 0.241. The van der Waals surface area contributed by atoms with Crippen LogP contribution in [0.4, 0.5) is 11.4 Å². The number of rotatable bonds is 8. The van der Waals surface area contributed by atoms with Crippen molar-refractivity contribution in [3.8, 4) is 17.2 Å². The minimum absolute atomic E-state index is 0.0714. The highest BCUT2D eigenvalue weighted by atomic mass is 32.2. The molecule has 1 N–H and O–H groups in total. The van der Waals surface area contributed by atoms with E-state index in [2.05, 4.69) is 20.4 Å². The van der Waals surface area contributed by atoms with Crippen LogP contribution in [0, 0.1) is 6.92 Å². The number of methoxy groups -OCH3 is 1. The van der Waals surface area contributed by atoms with Gasteiger partial charge < -0.3 is 24.3 Å². The Hall–Kier alpha value is -4.31. The number of ether oxygens (including phenoxy) is 1. The molecule has 1 saturated heterocycles. The first-order valence-corrected chi connectivity index (χ1v) is 13.6. The molecule has 3 aromatic carbocycles. The average Bonchev–Trinajstić information content (AvgIpc) is 3.46. The lowest BCUT2D eigenvalue weighted by Crippen LogP contribution is -2.48. The maximum atomic E-state index is 12.8. The van der Waals surface area contributed by atoms with Crippen molar-refractivity contribution in [3.63, 3.8) is 0 Å². The molecule has 2 heterocycles. The lowest BCUT2D eigenvalue weighted by Gasteiger charge is -2.36. The summed E-state index contributed by atoms with van der Waals surface area (Å²) < 4.78 is 11.0. The van der Waals surface area contributed by atoms with Gasteiger partial charge in [0.05, 0.1) is 18.4 Å². The summed E-state index contributed by atoms with van der Waals surface area (Å²) in [6, 6.07) is 22.8. The smallest absolute Gasteiger partial charge is 0.277 e. The first kappa shape index (κ1) is 26.3. The fourth-order valence-electron chi connectivity index (χ4n) is 4.32. The van der Waals surface area contributed by atoms with Crippen LogP contribution in [0.15, 0.2) is 82.4 Å². The topological polar surface area (TPSA) is 101 Å². The molecule has 39 heavy (non-hydrogen) atoms. The highest BCUT2D eigenvalue weighted by Crippen LogP contribution is 2.30. The Bertz CT molecular complexity index is 1430. The second kappa shape index (κ2) is 12.0. The zero-order chi connectivity index (χ0) is 27.2. The van der Waals surface area contributed by atoms with Gasteiger partial charge in [0, 0.05) is 43.1 Å². The van der Waals surface area contributed by atoms with Gasteiger partial charge in [-0.15, -0.1) is 10.2 Å². The van der Waals surface area contributed by atoms with E-state index in [-0.39, 0.29) is 17.6 Å². The number of nitrogens with zero attached hydrogens (tertiary/aromatic N) is 4. The molecule has 0 aliphatic carbocycles. The lowest BCUT2D eigenvalue weighted by atomic mass is 10.1. The van der Waals surface area contributed by atoms with Crippen LogP contribution < -0.4 is 15.0 Å². The maximum Gasteiger partial charge on any atom is 0.277 e. The van der Waals surface area contributed by atoms with Crippen LogP contribution in [0.2, 0.25) is 0 Å². The molecule has 200 valence electrons. The van der Waals surface area contributed by atoms with E-state index in [1.54, 1.807) is 7.11 Å². The fourth-order valence-corrected chi connectivity index (χ4v) is 4.89. The van der Waals surface area contributed by atoms with Crippen molar-refractivity contribution in [1.29, 1.82) is 0 Å². The summed E-state index contributed by atoms with van der Waals surface area (Å²) in [5.74, 6) is 1.00. The van der Waals surface area contributed by atoms with Crippen molar-refractivity contribution in [1.82, 2.24) is 15.1 Å². The van der Waals surface area contributed by atoms with Crippen LogP contribution in [0.3, 0.4) is 0 Å². The van der Waals surface area contributed by atoms with Crippen molar-refractivity contribution in [2.75, 3.05) is 49.3 Å². The average molecular weight is 544 g/mol. The number of benzene rings is 3. The third kappa shape index (κ3) is 6.40. The maximum absolute atomic E-state index is 12.8. The van der Waals surface area contributed by atoms with Gasteiger partial charge in [0.1, 0.15) is 5.75 Å². The highest BCUT2D eigenvalue weighted by Gasteiger charge is 2.22. The molecule has 1 aliphatic rings. The Morgan fingerprint density at radius 2 is 1.67 bits per heavy atom. The van der Waals surface area contributed by atoms with Crippen LogP contribution >= 0.6 is 11.8 Å². The molecule has 0 unspecified atom stereocenters. The molecule has 5 rings (SSSR count). The number of aromatic nitrogens is 2. The Morgan fingerprint density at radius 3 is 2.38 bits per heavy atom. The number of carbonyl (C=O) groups is 2. The van der Waals surface area contributed by atoms with Crippen LogP contribution in [-0.4, -0.2) is 66.0 Å². The molecule has 1 aliphatic heterocycles. The van der Waals surface area contributed by atoms with Crippen LogP contribution in [0.1, 0.15) is 15.9 Å². The predicted octanol–water partition coefficient (Wildman–Crippen LogP) is 4.75. The molecule has 1 aromatic heterocycles. The van der Waals surface area contributed by atoms with E-state index in [4.69, 9.17) is 9.15 Å². The van der Waals surface area contributed by atoms with Gasteiger partial charge in [-0.3, -0.25) is 9.59 Å². The van der Waals surface area contributed by atoms with Crippen molar-refractivity contribution in [3.05, 3.63) is 83.9 Å². The Kier molecular flexibility index (Phi) is 8.12. The van der Waals surface area contributed by atoms with Crippen molar-refractivity contribution in [2.45, 2.75) is 12.1 Å². The molecule has 0 bridgehead atoms. The molecule has 0 radical (unpaired) electrons. The number of hydrogen-bond acceptors (Lipinski definition) is 8. The molecule has 10 heteroatoms. The van der Waals surface area contributed by atoms with Gasteiger partial charge in [0.2, 0.25) is 5.91 Å². The number of anilines is 2. The molecule has 2 amide bonds. The number of aryl methyl sites for hydroxylation is 1. The van der Waals surface area contributed by atoms with Crippen LogP contribution in [-0.2, 0) is 4.79 Å². The largest absolute Gasteiger partial charge is 0.496 e. The molecule has 0 saturated carbocycles.